The van der Waals surface area contributed by atoms with Gasteiger partial charge in [-0.15, -0.1) is 0 Å². The number of likely N-dealkylation sites (N-methyl/N-ethyl adjacent to an activating group) is 2. The van der Waals surface area contributed by atoms with Gasteiger partial charge in [0.05, 0.1) is 0 Å². The molecule has 0 radical (unpaired) electrons. The van der Waals surface area contributed by atoms with Gasteiger partial charge in [-0.05, 0) is 80.1 Å². The highest BCUT2D eigenvalue weighted by Gasteiger charge is 2.40. The minimum atomic E-state index is -0.872. The monoisotopic (exact) mass is 661 g/mol. The van der Waals surface area contributed by atoms with Crippen LogP contribution in [0.5, 0.6) is 0 Å². The number of carbonyl (C=O) groups is 3. The number of hydrogen-bond donors (Lipinski definition) is 3. The van der Waals surface area contributed by atoms with E-state index in [0.29, 0.717) is 18.5 Å². The molecular weight excluding hydrogens is 610 g/mol. The van der Waals surface area contributed by atoms with Gasteiger partial charge in [-0.25, -0.2) is 0 Å². The van der Waals surface area contributed by atoms with Crippen LogP contribution in [0, 0.1) is 0 Å². The fourth-order valence-electron chi connectivity index (χ4n) is 7.51. The van der Waals surface area contributed by atoms with E-state index in [1.807, 2.05) is 72.8 Å². The number of fused-ring (bicyclic) bond motifs is 1. The molecule has 0 aliphatic carbocycles. The molecule has 4 N–H and O–H groups in total. The minimum Gasteiger partial charge on any atom is -0.351 e. The van der Waals surface area contributed by atoms with Crippen LogP contribution >= 0.6 is 0 Å². The molecule has 1 saturated heterocycles. The molecule has 49 heavy (non-hydrogen) atoms. The van der Waals surface area contributed by atoms with E-state index >= 15 is 0 Å². The van der Waals surface area contributed by atoms with Crippen LogP contribution in [0.2, 0.25) is 0 Å². The van der Waals surface area contributed by atoms with E-state index in [0.717, 1.165) is 40.3 Å². The van der Waals surface area contributed by atoms with E-state index < -0.39 is 12.1 Å². The highest BCUT2D eigenvalue weighted by atomic mass is 16.2. The zero-order valence-electron chi connectivity index (χ0n) is 29.7. The summed E-state index contributed by atoms with van der Waals surface area (Å²) in [5, 5.41) is 9.15. The average Bonchev–Trinajstić information content (AvgIpc) is 3.07. The number of piperidine rings is 1. The highest BCUT2D eigenvalue weighted by molar-refractivity contribution is 5.98. The first-order valence-electron chi connectivity index (χ1n) is 17.2. The van der Waals surface area contributed by atoms with Gasteiger partial charge in [-0.1, -0.05) is 84.9 Å². The second kappa shape index (κ2) is 14.9. The van der Waals surface area contributed by atoms with Crippen molar-refractivity contribution in [3.05, 3.63) is 119 Å². The number of nitrogens with two attached hydrogens (primary N) is 1. The molecule has 1 unspecified atom stereocenters. The Morgan fingerprint density at radius 2 is 1.35 bits per heavy atom. The number of rotatable bonds is 11. The van der Waals surface area contributed by atoms with Gasteiger partial charge in [-0.3, -0.25) is 14.4 Å². The van der Waals surface area contributed by atoms with Crippen LogP contribution in [0.25, 0.3) is 10.8 Å². The van der Waals surface area contributed by atoms with E-state index in [1.54, 1.807) is 37.2 Å². The fraction of sp³-hybridized carbons (Fsp3) is 0.390. The Bertz CT molecular complexity index is 1770. The SMILES string of the molecule is CN(C(=O)[C@@H](Cc1ccc2ccccc2c1)N(C)C(=O)c1cccc(CN)c1)C(Cc1ccccc1)C(=O)NC1CC(C)(C)NC(C)(C)C1. The molecule has 2 atom stereocenters. The molecule has 5 rings (SSSR count). The lowest BCUT2D eigenvalue weighted by molar-refractivity contribution is -0.142. The van der Waals surface area contributed by atoms with E-state index in [9.17, 15) is 14.4 Å². The number of benzene rings is 4. The van der Waals surface area contributed by atoms with Crippen molar-refractivity contribution in [2.24, 2.45) is 5.73 Å². The van der Waals surface area contributed by atoms with Gasteiger partial charge >= 0.3 is 0 Å². The average molecular weight is 662 g/mol. The molecule has 0 bridgehead atoms. The molecule has 0 aromatic heterocycles. The number of nitrogens with one attached hydrogen (secondary N) is 2. The van der Waals surface area contributed by atoms with Crippen LogP contribution in [0.4, 0.5) is 0 Å². The molecule has 1 fully saturated rings. The minimum absolute atomic E-state index is 0.0620. The third kappa shape index (κ3) is 8.94. The van der Waals surface area contributed by atoms with Gasteiger partial charge in [0, 0.05) is 56.2 Å². The van der Waals surface area contributed by atoms with Crippen LogP contribution in [0.3, 0.4) is 0 Å². The highest BCUT2D eigenvalue weighted by Crippen LogP contribution is 2.29. The molecule has 0 spiro atoms. The van der Waals surface area contributed by atoms with Gasteiger partial charge in [0.2, 0.25) is 11.8 Å². The third-order valence-electron chi connectivity index (χ3n) is 9.65. The van der Waals surface area contributed by atoms with E-state index in [2.05, 4.69) is 44.4 Å². The molecule has 0 saturated carbocycles. The summed E-state index contributed by atoms with van der Waals surface area (Å²) in [6.07, 6.45) is 2.15. The lowest BCUT2D eigenvalue weighted by atomic mass is 9.79. The standard InChI is InChI=1S/C41H51N5O3/c1-40(2)25-34(26-41(3,4)44-40)43-37(47)35(23-28-13-8-7-9-14-28)45(5)39(49)36(24-29-19-20-31-16-10-11-17-32(31)21-29)46(6)38(48)33-18-12-15-30(22-33)27-42/h7-22,34-36,44H,23-27,42H2,1-6H3,(H,43,47)/t35?,36-/m1/s1. The molecule has 3 amide bonds. The van der Waals surface area contributed by atoms with E-state index in [4.69, 9.17) is 5.73 Å². The van der Waals surface area contributed by atoms with Crippen molar-refractivity contribution < 1.29 is 14.4 Å². The fourth-order valence-corrected chi connectivity index (χ4v) is 7.51. The summed E-state index contributed by atoms with van der Waals surface area (Å²) >= 11 is 0. The van der Waals surface area contributed by atoms with Crippen molar-refractivity contribution in [3.8, 4) is 0 Å². The number of hydrogen-bond acceptors (Lipinski definition) is 5. The lowest BCUT2D eigenvalue weighted by Crippen LogP contribution is -2.63. The predicted molar refractivity (Wildman–Crippen MR) is 197 cm³/mol. The predicted octanol–water partition coefficient (Wildman–Crippen LogP) is 5.48. The van der Waals surface area contributed by atoms with E-state index in [-0.39, 0.29) is 41.3 Å². The summed E-state index contributed by atoms with van der Waals surface area (Å²) in [4.78, 5) is 46.1. The summed E-state index contributed by atoms with van der Waals surface area (Å²) in [5.74, 6) is -0.792. The smallest absolute Gasteiger partial charge is 0.254 e. The Hall–Kier alpha value is -4.53. The van der Waals surface area contributed by atoms with Gasteiger partial charge in [0.15, 0.2) is 0 Å². The quantitative estimate of drug-likeness (QED) is 0.198. The Balaban J connectivity index is 1.48. The van der Waals surface area contributed by atoms with Gasteiger partial charge in [0.25, 0.3) is 5.91 Å². The summed E-state index contributed by atoms with van der Waals surface area (Å²) < 4.78 is 0. The molecule has 258 valence electrons. The van der Waals surface area contributed by atoms with Crippen molar-refractivity contribution in [2.75, 3.05) is 14.1 Å². The summed E-state index contributed by atoms with van der Waals surface area (Å²) in [6.45, 7) is 8.90. The summed E-state index contributed by atoms with van der Waals surface area (Å²) in [5.41, 5.74) is 8.72. The van der Waals surface area contributed by atoms with Crippen LogP contribution in [0.15, 0.2) is 97.1 Å². The number of nitrogens with zero attached hydrogens (tertiary/aromatic N) is 2. The largest absolute Gasteiger partial charge is 0.351 e. The molecule has 1 heterocycles. The zero-order valence-corrected chi connectivity index (χ0v) is 29.7. The van der Waals surface area contributed by atoms with Crippen LogP contribution in [-0.2, 0) is 29.0 Å². The normalized spacial score (nSPS) is 16.8. The summed E-state index contributed by atoms with van der Waals surface area (Å²) in [6, 6.07) is 29.4. The zero-order chi connectivity index (χ0) is 35.3. The Morgan fingerprint density at radius 1 is 0.735 bits per heavy atom. The number of carbonyl (C=O) groups excluding carboxylic acids is 3. The van der Waals surface area contributed by atoms with Crippen molar-refractivity contribution in [1.82, 2.24) is 20.4 Å². The molecule has 1 aliphatic rings. The Kier molecular flexibility index (Phi) is 10.9. The molecule has 1 aliphatic heterocycles. The van der Waals surface area contributed by atoms with Crippen molar-refractivity contribution >= 4 is 28.5 Å². The second-order valence-corrected chi connectivity index (χ2v) is 14.9. The topological polar surface area (TPSA) is 108 Å². The molecule has 4 aromatic carbocycles. The van der Waals surface area contributed by atoms with Crippen LogP contribution in [-0.4, -0.2) is 70.8 Å². The van der Waals surface area contributed by atoms with E-state index in [1.165, 1.54) is 4.90 Å². The second-order valence-electron chi connectivity index (χ2n) is 14.9. The first-order chi connectivity index (χ1) is 23.2. The van der Waals surface area contributed by atoms with Crippen LogP contribution in [0.1, 0.15) is 67.6 Å². The third-order valence-corrected chi connectivity index (χ3v) is 9.65. The first-order valence-corrected chi connectivity index (χ1v) is 17.2. The van der Waals surface area contributed by atoms with Crippen molar-refractivity contribution in [2.45, 2.75) is 89.1 Å². The summed E-state index contributed by atoms with van der Waals surface area (Å²) in [7, 11) is 3.35. The van der Waals surface area contributed by atoms with Crippen molar-refractivity contribution in [3.63, 3.8) is 0 Å². The maximum atomic E-state index is 14.8. The molecule has 8 heteroatoms. The maximum absolute atomic E-state index is 14.8. The Morgan fingerprint density at radius 3 is 2.02 bits per heavy atom. The maximum Gasteiger partial charge on any atom is 0.254 e. The van der Waals surface area contributed by atoms with Gasteiger partial charge in [-0.2, -0.15) is 0 Å². The van der Waals surface area contributed by atoms with Crippen LogP contribution < -0.4 is 16.4 Å². The molecule has 4 aromatic rings. The molecule has 8 nitrogen and oxygen atoms in total. The lowest BCUT2D eigenvalue weighted by Gasteiger charge is -2.47. The Labute approximate surface area is 291 Å². The van der Waals surface area contributed by atoms with Gasteiger partial charge < -0.3 is 26.2 Å². The van der Waals surface area contributed by atoms with Gasteiger partial charge in [0.1, 0.15) is 12.1 Å². The molecular formula is C41H51N5O3. The first kappa shape index (κ1) is 35.8. The van der Waals surface area contributed by atoms with Crippen molar-refractivity contribution in [1.29, 1.82) is 0 Å². The number of amides is 3.